The molecule has 0 aliphatic rings. The van der Waals surface area contributed by atoms with Crippen LogP contribution in [0.3, 0.4) is 0 Å². The van der Waals surface area contributed by atoms with Gasteiger partial charge in [-0.25, -0.2) is 4.68 Å². The molecular weight excluding hydrogens is 430 g/mol. The minimum Gasteiger partial charge on any atom is -0.505 e. The van der Waals surface area contributed by atoms with Crippen LogP contribution < -0.4 is 21.8 Å². The number of phenols is 1. The van der Waals surface area contributed by atoms with Crippen LogP contribution >= 0.6 is 11.3 Å². The van der Waals surface area contributed by atoms with E-state index in [0.29, 0.717) is 6.42 Å². The zero-order valence-electron chi connectivity index (χ0n) is 18.4. The Labute approximate surface area is 189 Å². The molecule has 32 heavy (non-hydrogen) atoms. The van der Waals surface area contributed by atoms with Gasteiger partial charge in [0.05, 0.1) is 17.3 Å². The number of thiophene rings is 1. The Morgan fingerprint density at radius 1 is 1.19 bits per heavy atom. The number of aryl methyl sites for hydroxylation is 1. The summed E-state index contributed by atoms with van der Waals surface area (Å²) in [6, 6.07) is 8.34. The van der Waals surface area contributed by atoms with Gasteiger partial charge in [0, 0.05) is 25.5 Å². The second-order valence-electron chi connectivity index (χ2n) is 7.39. The molecule has 9 nitrogen and oxygen atoms in total. The summed E-state index contributed by atoms with van der Waals surface area (Å²) < 4.78 is 1.19. The van der Waals surface area contributed by atoms with Gasteiger partial charge in [-0.05, 0) is 36.9 Å². The van der Waals surface area contributed by atoms with Gasteiger partial charge in [-0.15, -0.1) is 11.3 Å². The van der Waals surface area contributed by atoms with Crippen molar-refractivity contribution in [1.29, 1.82) is 0 Å². The number of phenolic OH excluding ortho intramolecular Hbond substituents is 1. The lowest BCUT2D eigenvalue weighted by atomic mass is 10.1. The van der Waals surface area contributed by atoms with E-state index in [2.05, 4.69) is 15.7 Å². The molecule has 0 fully saturated rings. The lowest BCUT2D eigenvalue weighted by molar-refractivity contribution is 0.0824. The third-order valence-corrected chi connectivity index (χ3v) is 6.02. The van der Waals surface area contributed by atoms with Crippen LogP contribution in [0.2, 0.25) is 0 Å². The number of nitrogens with zero attached hydrogens (tertiary/aromatic N) is 2. The van der Waals surface area contributed by atoms with E-state index in [1.54, 1.807) is 44.5 Å². The van der Waals surface area contributed by atoms with Gasteiger partial charge >= 0.3 is 0 Å². The Morgan fingerprint density at radius 3 is 2.53 bits per heavy atom. The predicted molar refractivity (Wildman–Crippen MR) is 127 cm³/mol. The van der Waals surface area contributed by atoms with E-state index in [4.69, 9.17) is 0 Å². The van der Waals surface area contributed by atoms with Crippen molar-refractivity contribution in [3.63, 3.8) is 0 Å². The van der Waals surface area contributed by atoms with E-state index in [-0.39, 0.29) is 46.9 Å². The summed E-state index contributed by atoms with van der Waals surface area (Å²) in [7, 11) is 3.16. The van der Waals surface area contributed by atoms with E-state index in [1.807, 2.05) is 24.4 Å². The largest absolute Gasteiger partial charge is 0.505 e. The fourth-order valence-electron chi connectivity index (χ4n) is 3.29. The van der Waals surface area contributed by atoms with Crippen molar-refractivity contribution in [2.24, 2.45) is 0 Å². The zero-order valence-corrected chi connectivity index (χ0v) is 19.2. The van der Waals surface area contributed by atoms with Crippen molar-refractivity contribution in [2.75, 3.05) is 24.7 Å². The maximum Gasteiger partial charge on any atom is 0.291 e. The molecule has 2 aromatic heterocycles. The fourth-order valence-corrected chi connectivity index (χ4v) is 4.15. The van der Waals surface area contributed by atoms with Crippen LogP contribution in [0.1, 0.15) is 41.5 Å². The number of rotatable bonds is 8. The summed E-state index contributed by atoms with van der Waals surface area (Å²) in [5.74, 6) is -0.685. The molecule has 3 aromatic rings. The van der Waals surface area contributed by atoms with Gasteiger partial charge in [-0.3, -0.25) is 19.5 Å². The average molecular weight is 458 g/mol. The number of hydrogen-bond donors (Lipinski definition) is 4. The molecule has 3 rings (SSSR count). The highest BCUT2D eigenvalue weighted by atomic mass is 32.1. The van der Waals surface area contributed by atoms with Crippen LogP contribution in [-0.4, -0.2) is 39.8 Å². The molecule has 0 spiro atoms. The Morgan fingerprint density at radius 2 is 1.94 bits per heavy atom. The van der Waals surface area contributed by atoms with E-state index >= 15 is 0 Å². The molecule has 0 aliphatic heterocycles. The van der Waals surface area contributed by atoms with E-state index < -0.39 is 11.1 Å². The summed E-state index contributed by atoms with van der Waals surface area (Å²) in [6.07, 6.45) is 0.689. The van der Waals surface area contributed by atoms with E-state index in [9.17, 15) is 19.5 Å². The number of carbonyl (C=O) groups is 1. The normalized spacial score (nSPS) is 11.8. The van der Waals surface area contributed by atoms with E-state index in [0.717, 1.165) is 4.88 Å². The minimum absolute atomic E-state index is 0.00430. The Balaban J connectivity index is 2.11. The highest BCUT2D eigenvalue weighted by molar-refractivity contribution is 7.10. The van der Waals surface area contributed by atoms with Crippen LogP contribution in [0.4, 0.5) is 17.1 Å². The highest BCUT2D eigenvalue weighted by Crippen LogP contribution is 2.33. The first kappa shape index (κ1) is 23.1. The Hall–Kier alpha value is -3.53. The van der Waals surface area contributed by atoms with Crippen LogP contribution in [0, 0.1) is 0 Å². The first-order chi connectivity index (χ1) is 15.3. The third-order valence-electron chi connectivity index (χ3n) is 5.03. The molecule has 1 amide bonds. The van der Waals surface area contributed by atoms with Crippen molar-refractivity contribution in [2.45, 2.75) is 32.9 Å². The van der Waals surface area contributed by atoms with Gasteiger partial charge in [-0.1, -0.05) is 19.1 Å². The van der Waals surface area contributed by atoms with Gasteiger partial charge < -0.3 is 20.6 Å². The summed E-state index contributed by atoms with van der Waals surface area (Å²) in [5, 5.41) is 21.3. The smallest absolute Gasteiger partial charge is 0.291 e. The van der Waals surface area contributed by atoms with Crippen molar-refractivity contribution in [3.05, 3.63) is 66.9 Å². The first-order valence-electron chi connectivity index (χ1n) is 10.3. The molecular formula is C22H27N5O4S. The summed E-state index contributed by atoms with van der Waals surface area (Å²) >= 11 is 1.55. The molecule has 0 aliphatic carbocycles. The maximum atomic E-state index is 13.1. The zero-order chi connectivity index (χ0) is 23.4. The number of carbonyl (C=O) groups excluding carboxylic acids is 1. The van der Waals surface area contributed by atoms with Gasteiger partial charge in [0.25, 0.3) is 17.0 Å². The van der Waals surface area contributed by atoms with Crippen LogP contribution in [0.15, 0.2) is 45.3 Å². The molecule has 2 heterocycles. The number of H-pyrrole nitrogens is 1. The lowest BCUT2D eigenvalue weighted by Crippen LogP contribution is -2.33. The summed E-state index contributed by atoms with van der Waals surface area (Å²) in [5.41, 5.74) is -0.627. The number of nitrogens with one attached hydrogen (secondary N) is 3. The molecule has 170 valence electrons. The maximum absolute atomic E-state index is 13.1. The monoisotopic (exact) mass is 457 g/mol. The molecule has 10 heteroatoms. The SMILES string of the molecule is CCC(Nc1c(Nc2cccc(C(=O)N(C)C)c2O)c(=O)n(CC)[nH]c1=O)c1cccs1. The summed E-state index contributed by atoms with van der Waals surface area (Å²) in [6.45, 7) is 3.98. The van der Waals surface area contributed by atoms with Gasteiger partial charge in [0.15, 0.2) is 5.75 Å². The van der Waals surface area contributed by atoms with Gasteiger partial charge in [0.1, 0.15) is 11.4 Å². The molecule has 0 saturated heterocycles. The number of anilines is 3. The number of aromatic nitrogens is 2. The fraction of sp³-hybridized carbons (Fsp3) is 0.318. The second-order valence-corrected chi connectivity index (χ2v) is 8.37. The van der Waals surface area contributed by atoms with Crippen molar-refractivity contribution in [1.82, 2.24) is 14.7 Å². The predicted octanol–water partition coefficient (Wildman–Crippen LogP) is 3.33. The molecule has 0 radical (unpaired) electrons. The first-order valence-corrected chi connectivity index (χ1v) is 11.1. The number of aromatic hydroxyl groups is 1. The topological polar surface area (TPSA) is 119 Å². The standard InChI is InChI=1S/C22H27N5O4S/c1-5-14(16-11-8-12-32-16)23-17-18(22(31)27(6-2)25-20(17)29)24-15-10-7-9-13(19(15)28)21(30)26(3)4/h7-12,14,23-24,28H,5-6H2,1-4H3,(H,25,29). The van der Waals surface area contributed by atoms with E-state index in [1.165, 1.54) is 15.6 Å². The highest BCUT2D eigenvalue weighted by Gasteiger charge is 2.22. The number of amides is 1. The summed E-state index contributed by atoms with van der Waals surface area (Å²) in [4.78, 5) is 40.8. The van der Waals surface area contributed by atoms with Crippen LogP contribution in [-0.2, 0) is 6.54 Å². The third kappa shape index (κ3) is 4.54. The molecule has 1 atom stereocenters. The average Bonchev–Trinajstić information content (AvgIpc) is 3.31. The van der Waals surface area contributed by atoms with Crippen LogP contribution in [0.25, 0.3) is 0 Å². The number of benzene rings is 1. The lowest BCUT2D eigenvalue weighted by Gasteiger charge is -2.20. The molecule has 1 unspecified atom stereocenters. The van der Waals surface area contributed by atoms with Crippen molar-refractivity contribution >= 4 is 34.3 Å². The minimum atomic E-state index is -0.469. The molecule has 0 saturated carbocycles. The number of aromatic amines is 1. The molecule has 4 N–H and O–H groups in total. The molecule has 0 bridgehead atoms. The Kier molecular flexibility index (Phi) is 7.04. The molecule has 1 aromatic carbocycles. The van der Waals surface area contributed by atoms with Crippen molar-refractivity contribution in [3.8, 4) is 5.75 Å². The van der Waals surface area contributed by atoms with Crippen LogP contribution in [0.5, 0.6) is 5.75 Å². The Bertz CT molecular complexity index is 1210. The van der Waals surface area contributed by atoms with Gasteiger partial charge in [-0.2, -0.15) is 0 Å². The van der Waals surface area contributed by atoms with Gasteiger partial charge in [0.2, 0.25) is 0 Å². The quantitative estimate of drug-likeness (QED) is 0.385. The second kappa shape index (κ2) is 9.73. The van der Waals surface area contributed by atoms with Crippen molar-refractivity contribution < 1.29 is 9.90 Å². The number of hydrogen-bond acceptors (Lipinski definition) is 7. The number of para-hydroxylation sites is 1.